The van der Waals surface area contributed by atoms with Crippen molar-refractivity contribution in [2.75, 3.05) is 7.05 Å². The van der Waals surface area contributed by atoms with Crippen LogP contribution in [-0.2, 0) is 6.54 Å². The predicted octanol–water partition coefficient (Wildman–Crippen LogP) is 3.50. The van der Waals surface area contributed by atoms with Gasteiger partial charge in [-0.1, -0.05) is 18.5 Å². The fourth-order valence-corrected chi connectivity index (χ4v) is 2.97. The van der Waals surface area contributed by atoms with Crippen LogP contribution >= 0.6 is 22.9 Å². The molecule has 0 radical (unpaired) electrons. The van der Waals surface area contributed by atoms with Gasteiger partial charge < -0.3 is 5.73 Å². The third-order valence-corrected chi connectivity index (χ3v) is 3.94. The lowest BCUT2D eigenvalue weighted by molar-refractivity contribution is -0.187. The van der Waals surface area contributed by atoms with E-state index in [-0.39, 0.29) is 13.0 Å². The Balaban J connectivity index is 2.79. The van der Waals surface area contributed by atoms with Crippen LogP contribution in [0.5, 0.6) is 0 Å². The summed E-state index contributed by atoms with van der Waals surface area (Å²) in [5.74, 6) is 0. The van der Waals surface area contributed by atoms with Gasteiger partial charge in [-0.05, 0) is 25.6 Å². The van der Waals surface area contributed by atoms with Crippen molar-refractivity contribution >= 4 is 22.9 Å². The Morgan fingerprint density at radius 3 is 2.44 bits per heavy atom. The van der Waals surface area contributed by atoms with Gasteiger partial charge >= 0.3 is 6.18 Å². The zero-order chi connectivity index (χ0) is 13.9. The standard InChI is InChI=1S/C11H16ClF3N2S/c1-3-8(16)10(11(13,14)15)17(2)6-7-4-5-9(12)18-7/h4-5,8,10H,3,6,16H2,1-2H3. The summed E-state index contributed by atoms with van der Waals surface area (Å²) in [5, 5.41) is 0. The van der Waals surface area contributed by atoms with Gasteiger partial charge in [0.05, 0.1) is 4.34 Å². The minimum atomic E-state index is -4.33. The van der Waals surface area contributed by atoms with Crippen LogP contribution in [0.15, 0.2) is 12.1 Å². The Morgan fingerprint density at radius 2 is 2.06 bits per heavy atom. The molecule has 2 nitrogen and oxygen atoms in total. The van der Waals surface area contributed by atoms with Gasteiger partial charge in [-0.3, -0.25) is 4.90 Å². The van der Waals surface area contributed by atoms with Gasteiger partial charge in [0.15, 0.2) is 0 Å². The molecule has 0 aliphatic heterocycles. The molecule has 0 amide bonds. The van der Waals surface area contributed by atoms with Crippen LogP contribution in [0.1, 0.15) is 18.2 Å². The number of alkyl halides is 3. The molecule has 18 heavy (non-hydrogen) atoms. The topological polar surface area (TPSA) is 29.3 Å². The van der Waals surface area contributed by atoms with Gasteiger partial charge in [-0.25, -0.2) is 0 Å². The molecular formula is C11H16ClF3N2S. The highest BCUT2D eigenvalue weighted by molar-refractivity contribution is 7.16. The molecule has 0 bridgehead atoms. The average Bonchev–Trinajstić information content (AvgIpc) is 2.61. The monoisotopic (exact) mass is 300 g/mol. The molecule has 0 saturated heterocycles. The van der Waals surface area contributed by atoms with Crippen LogP contribution in [0, 0.1) is 0 Å². The van der Waals surface area contributed by atoms with E-state index in [0.29, 0.717) is 4.34 Å². The number of hydrogen-bond donors (Lipinski definition) is 1. The molecule has 1 heterocycles. The highest BCUT2D eigenvalue weighted by atomic mass is 35.5. The van der Waals surface area contributed by atoms with Crippen LogP contribution in [0.2, 0.25) is 4.34 Å². The van der Waals surface area contributed by atoms with E-state index in [1.54, 1.807) is 19.1 Å². The first-order valence-corrected chi connectivity index (χ1v) is 6.72. The second kappa shape index (κ2) is 6.23. The summed E-state index contributed by atoms with van der Waals surface area (Å²) in [4.78, 5) is 2.02. The molecular weight excluding hydrogens is 285 g/mol. The summed E-state index contributed by atoms with van der Waals surface area (Å²) in [5.41, 5.74) is 5.58. The van der Waals surface area contributed by atoms with Crippen molar-refractivity contribution in [1.82, 2.24) is 4.90 Å². The molecule has 104 valence electrons. The van der Waals surface area contributed by atoms with E-state index in [9.17, 15) is 13.2 Å². The highest BCUT2D eigenvalue weighted by Gasteiger charge is 2.45. The average molecular weight is 301 g/mol. The Bertz CT molecular complexity index is 381. The summed E-state index contributed by atoms with van der Waals surface area (Å²) in [6.07, 6.45) is -4.05. The van der Waals surface area contributed by atoms with Crippen molar-refractivity contribution in [3.8, 4) is 0 Å². The summed E-state index contributed by atoms with van der Waals surface area (Å²) < 4.78 is 39.5. The minimum absolute atomic E-state index is 0.190. The summed E-state index contributed by atoms with van der Waals surface area (Å²) in [6, 6.07) is 0.848. The predicted molar refractivity (Wildman–Crippen MR) is 68.9 cm³/mol. The molecule has 1 aromatic rings. The molecule has 0 spiro atoms. The number of likely N-dealkylation sites (N-methyl/N-ethyl adjacent to an activating group) is 1. The first kappa shape index (κ1) is 15.8. The summed E-state index contributed by atoms with van der Waals surface area (Å²) in [6.45, 7) is 1.84. The highest BCUT2D eigenvalue weighted by Crippen LogP contribution is 2.29. The van der Waals surface area contributed by atoms with E-state index in [4.69, 9.17) is 17.3 Å². The van der Waals surface area contributed by atoms with Crippen molar-refractivity contribution < 1.29 is 13.2 Å². The first-order chi connectivity index (χ1) is 8.25. The van der Waals surface area contributed by atoms with Gasteiger partial charge in [0.25, 0.3) is 0 Å². The Morgan fingerprint density at radius 1 is 1.44 bits per heavy atom. The molecule has 2 unspecified atom stereocenters. The van der Waals surface area contributed by atoms with E-state index in [0.717, 1.165) is 4.88 Å². The molecule has 0 aromatic carbocycles. The number of rotatable bonds is 5. The molecule has 1 rings (SSSR count). The van der Waals surface area contributed by atoms with Gasteiger partial charge in [0.2, 0.25) is 0 Å². The molecule has 2 atom stereocenters. The second-order valence-corrected chi connectivity index (χ2v) is 5.98. The SMILES string of the molecule is CCC(N)C(N(C)Cc1ccc(Cl)s1)C(F)(F)F. The fraction of sp³-hybridized carbons (Fsp3) is 0.636. The lowest BCUT2D eigenvalue weighted by Gasteiger charge is -2.33. The van der Waals surface area contributed by atoms with E-state index in [2.05, 4.69) is 0 Å². The van der Waals surface area contributed by atoms with E-state index >= 15 is 0 Å². The number of hydrogen-bond acceptors (Lipinski definition) is 3. The minimum Gasteiger partial charge on any atom is -0.326 e. The van der Waals surface area contributed by atoms with Crippen LogP contribution < -0.4 is 5.73 Å². The zero-order valence-corrected chi connectivity index (χ0v) is 11.7. The lowest BCUT2D eigenvalue weighted by Crippen LogP contribution is -2.54. The van der Waals surface area contributed by atoms with Crippen LogP contribution in [0.3, 0.4) is 0 Å². The maximum atomic E-state index is 13.0. The third kappa shape index (κ3) is 4.12. The molecule has 2 N–H and O–H groups in total. The van der Waals surface area contributed by atoms with Gasteiger partial charge in [0.1, 0.15) is 6.04 Å². The Hall–Kier alpha value is -0.300. The molecule has 0 aliphatic carbocycles. The van der Waals surface area contributed by atoms with Crippen LogP contribution in [0.4, 0.5) is 13.2 Å². The molecule has 0 fully saturated rings. The Labute approximate surface area is 114 Å². The normalized spacial score (nSPS) is 16.0. The van der Waals surface area contributed by atoms with E-state index in [1.165, 1.54) is 23.3 Å². The van der Waals surface area contributed by atoms with Gasteiger partial charge in [-0.15, -0.1) is 11.3 Å². The largest absolute Gasteiger partial charge is 0.405 e. The molecule has 1 aromatic heterocycles. The van der Waals surface area contributed by atoms with E-state index in [1.807, 2.05) is 0 Å². The summed E-state index contributed by atoms with van der Waals surface area (Å²) in [7, 11) is 1.43. The van der Waals surface area contributed by atoms with Gasteiger partial charge in [0, 0.05) is 17.5 Å². The second-order valence-electron chi connectivity index (χ2n) is 4.18. The van der Waals surface area contributed by atoms with E-state index < -0.39 is 18.3 Å². The first-order valence-electron chi connectivity index (χ1n) is 5.52. The number of nitrogens with zero attached hydrogens (tertiary/aromatic N) is 1. The zero-order valence-electron chi connectivity index (χ0n) is 10.2. The molecule has 0 saturated carbocycles. The van der Waals surface area contributed by atoms with Crippen molar-refractivity contribution in [1.29, 1.82) is 0 Å². The fourth-order valence-electron chi connectivity index (χ4n) is 1.82. The van der Waals surface area contributed by atoms with Gasteiger partial charge in [-0.2, -0.15) is 13.2 Å². The molecule has 0 aliphatic rings. The maximum Gasteiger partial charge on any atom is 0.405 e. The third-order valence-electron chi connectivity index (χ3n) is 2.72. The Kier molecular flexibility index (Phi) is 5.46. The van der Waals surface area contributed by atoms with Crippen LogP contribution in [0.25, 0.3) is 0 Å². The number of halogens is 4. The van der Waals surface area contributed by atoms with Crippen molar-refractivity contribution in [2.45, 2.75) is 38.1 Å². The lowest BCUT2D eigenvalue weighted by atomic mass is 10.0. The maximum absolute atomic E-state index is 13.0. The molecule has 7 heteroatoms. The van der Waals surface area contributed by atoms with Crippen molar-refractivity contribution in [3.05, 3.63) is 21.3 Å². The summed E-state index contributed by atoms with van der Waals surface area (Å²) >= 11 is 7.04. The van der Waals surface area contributed by atoms with Crippen molar-refractivity contribution in [2.24, 2.45) is 5.73 Å². The van der Waals surface area contributed by atoms with Crippen molar-refractivity contribution in [3.63, 3.8) is 0 Å². The quantitative estimate of drug-likeness (QED) is 0.902. The number of nitrogens with two attached hydrogens (primary N) is 1. The number of thiophene rings is 1. The van der Waals surface area contributed by atoms with Crippen LogP contribution in [-0.4, -0.2) is 30.2 Å². The smallest absolute Gasteiger partial charge is 0.326 e.